The van der Waals surface area contributed by atoms with E-state index in [9.17, 15) is 0 Å². The van der Waals surface area contributed by atoms with Gasteiger partial charge in [-0.25, -0.2) is 5.90 Å². The van der Waals surface area contributed by atoms with Crippen molar-refractivity contribution in [2.75, 3.05) is 6.61 Å². The van der Waals surface area contributed by atoms with Gasteiger partial charge in [-0.15, -0.1) is 11.3 Å². The molecule has 0 fully saturated rings. The molecule has 0 aliphatic heterocycles. The molecule has 1 atom stereocenters. The van der Waals surface area contributed by atoms with E-state index >= 15 is 0 Å². The quantitative estimate of drug-likeness (QED) is 0.745. The van der Waals surface area contributed by atoms with Crippen LogP contribution >= 0.6 is 22.9 Å². The van der Waals surface area contributed by atoms with Crippen molar-refractivity contribution in [3.05, 3.63) is 21.3 Å². The van der Waals surface area contributed by atoms with E-state index in [0.29, 0.717) is 12.5 Å². The highest BCUT2D eigenvalue weighted by Crippen LogP contribution is 2.26. The smallest absolute Gasteiger partial charge is 0.0753 e. The summed E-state index contributed by atoms with van der Waals surface area (Å²) < 4.78 is 0. The first-order valence-corrected chi connectivity index (χ1v) is 4.55. The lowest BCUT2D eigenvalue weighted by atomic mass is 10.1. The Morgan fingerprint density at radius 3 is 3.00 bits per heavy atom. The Hall–Kier alpha value is -0.0900. The molecule has 0 spiro atoms. The third-order valence-corrected chi connectivity index (χ3v) is 2.93. The van der Waals surface area contributed by atoms with Crippen LogP contribution in [-0.2, 0) is 4.84 Å². The van der Waals surface area contributed by atoms with E-state index in [-0.39, 0.29) is 0 Å². The predicted octanol–water partition coefficient (Wildman–Crippen LogP) is 2.40. The molecule has 62 valence electrons. The van der Waals surface area contributed by atoms with Crippen molar-refractivity contribution in [1.82, 2.24) is 0 Å². The van der Waals surface area contributed by atoms with Gasteiger partial charge in [-0.2, -0.15) is 0 Å². The van der Waals surface area contributed by atoms with Crippen LogP contribution in [-0.4, -0.2) is 6.61 Å². The molecule has 0 saturated carbocycles. The molecule has 2 nitrogen and oxygen atoms in total. The molecule has 0 aliphatic carbocycles. The standard InChI is InChI=1S/C7H10ClNOS/c1-5(3-10-9)7-2-6(8)4-11-7/h2,4-5H,3,9H2,1H3. The molecule has 0 aromatic carbocycles. The number of rotatable bonds is 3. The summed E-state index contributed by atoms with van der Waals surface area (Å²) in [7, 11) is 0. The number of hydrogen-bond donors (Lipinski definition) is 1. The summed E-state index contributed by atoms with van der Waals surface area (Å²) >= 11 is 7.37. The van der Waals surface area contributed by atoms with Crippen LogP contribution in [0.2, 0.25) is 5.02 Å². The Bertz CT molecular complexity index is 226. The summed E-state index contributed by atoms with van der Waals surface area (Å²) in [6, 6.07) is 1.94. The molecule has 11 heavy (non-hydrogen) atoms. The Morgan fingerprint density at radius 1 is 1.82 bits per heavy atom. The van der Waals surface area contributed by atoms with Crippen LogP contribution in [0.5, 0.6) is 0 Å². The summed E-state index contributed by atoms with van der Waals surface area (Å²) in [6.45, 7) is 2.59. The molecule has 0 amide bonds. The van der Waals surface area contributed by atoms with Gasteiger partial charge >= 0.3 is 0 Å². The fourth-order valence-electron chi connectivity index (χ4n) is 0.813. The van der Waals surface area contributed by atoms with Crippen molar-refractivity contribution >= 4 is 22.9 Å². The molecule has 0 bridgehead atoms. The second-order valence-electron chi connectivity index (χ2n) is 2.40. The van der Waals surface area contributed by atoms with Crippen molar-refractivity contribution < 1.29 is 4.84 Å². The first-order valence-electron chi connectivity index (χ1n) is 3.29. The predicted molar refractivity (Wildman–Crippen MR) is 47.9 cm³/mol. The van der Waals surface area contributed by atoms with E-state index in [1.54, 1.807) is 11.3 Å². The minimum atomic E-state index is 0.331. The number of halogens is 1. The Labute approximate surface area is 74.9 Å². The molecule has 1 rings (SSSR count). The van der Waals surface area contributed by atoms with E-state index < -0.39 is 0 Å². The Kier molecular flexibility index (Phi) is 3.33. The van der Waals surface area contributed by atoms with Crippen molar-refractivity contribution in [2.24, 2.45) is 5.90 Å². The first-order chi connectivity index (χ1) is 5.24. The van der Waals surface area contributed by atoms with Crippen molar-refractivity contribution in [3.63, 3.8) is 0 Å². The number of nitrogens with two attached hydrogens (primary N) is 1. The molecule has 1 aromatic rings. The molecular weight excluding hydrogens is 182 g/mol. The van der Waals surface area contributed by atoms with Gasteiger partial charge in [0, 0.05) is 16.2 Å². The molecule has 1 aromatic heterocycles. The van der Waals surface area contributed by atoms with Crippen LogP contribution in [0.25, 0.3) is 0 Å². The zero-order valence-electron chi connectivity index (χ0n) is 6.21. The maximum absolute atomic E-state index is 5.74. The summed E-state index contributed by atoms with van der Waals surface area (Å²) in [4.78, 5) is 5.74. The highest BCUT2D eigenvalue weighted by molar-refractivity contribution is 7.10. The minimum absolute atomic E-state index is 0.331. The van der Waals surface area contributed by atoms with Gasteiger partial charge in [0.15, 0.2) is 0 Å². The van der Waals surface area contributed by atoms with E-state index in [4.69, 9.17) is 17.5 Å². The molecule has 1 heterocycles. The van der Waals surface area contributed by atoms with E-state index in [2.05, 4.69) is 11.8 Å². The van der Waals surface area contributed by atoms with Gasteiger partial charge in [-0.3, -0.25) is 0 Å². The van der Waals surface area contributed by atoms with Crippen LogP contribution in [0, 0.1) is 0 Å². The first kappa shape index (κ1) is 9.00. The molecule has 1 unspecified atom stereocenters. The van der Waals surface area contributed by atoms with Gasteiger partial charge in [-0.1, -0.05) is 18.5 Å². The van der Waals surface area contributed by atoms with Crippen LogP contribution in [0.15, 0.2) is 11.4 Å². The monoisotopic (exact) mass is 191 g/mol. The zero-order valence-corrected chi connectivity index (χ0v) is 7.78. The summed E-state index contributed by atoms with van der Waals surface area (Å²) in [5, 5.41) is 2.69. The van der Waals surface area contributed by atoms with Gasteiger partial charge in [0.1, 0.15) is 0 Å². The van der Waals surface area contributed by atoms with Gasteiger partial charge in [-0.05, 0) is 6.07 Å². The molecule has 2 N–H and O–H groups in total. The SMILES string of the molecule is CC(CON)c1cc(Cl)cs1. The number of thiophene rings is 1. The maximum Gasteiger partial charge on any atom is 0.0753 e. The molecule has 0 saturated heterocycles. The summed E-state index contributed by atoms with van der Waals surface area (Å²) in [5.41, 5.74) is 0. The van der Waals surface area contributed by atoms with Crippen molar-refractivity contribution in [3.8, 4) is 0 Å². The third-order valence-electron chi connectivity index (χ3n) is 1.42. The van der Waals surface area contributed by atoms with E-state index in [0.717, 1.165) is 5.02 Å². The van der Waals surface area contributed by atoms with E-state index in [1.807, 2.05) is 11.4 Å². The van der Waals surface area contributed by atoms with E-state index in [1.165, 1.54) is 4.88 Å². The number of hydrogen-bond acceptors (Lipinski definition) is 3. The average molecular weight is 192 g/mol. The molecule has 4 heteroatoms. The van der Waals surface area contributed by atoms with Crippen molar-refractivity contribution in [1.29, 1.82) is 0 Å². The highest BCUT2D eigenvalue weighted by atomic mass is 35.5. The highest BCUT2D eigenvalue weighted by Gasteiger charge is 2.07. The summed E-state index contributed by atoms with van der Waals surface area (Å²) in [6.07, 6.45) is 0. The third kappa shape index (κ3) is 2.45. The van der Waals surface area contributed by atoms with Crippen molar-refractivity contribution in [2.45, 2.75) is 12.8 Å². The Morgan fingerprint density at radius 2 is 2.55 bits per heavy atom. The lowest BCUT2D eigenvalue weighted by Gasteiger charge is -2.05. The van der Waals surface area contributed by atoms with Gasteiger partial charge < -0.3 is 4.84 Å². The largest absolute Gasteiger partial charge is 0.304 e. The minimum Gasteiger partial charge on any atom is -0.304 e. The fourth-order valence-corrected chi connectivity index (χ4v) is 1.94. The normalized spacial score (nSPS) is 13.4. The van der Waals surface area contributed by atoms with Crippen LogP contribution in [0.3, 0.4) is 0 Å². The second-order valence-corrected chi connectivity index (χ2v) is 3.78. The summed E-state index contributed by atoms with van der Waals surface area (Å²) in [5.74, 6) is 5.28. The van der Waals surface area contributed by atoms with Gasteiger partial charge in [0.2, 0.25) is 0 Å². The topological polar surface area (TPSA) is 35.2 Å². The van der Waals surface area contributed by atoms with Crippen LogP contribution in [0.4, 0.5) is 0 Å². The maximum atomic E-state index is 5.74. The zero-order chi connectivity index (χ0) is 8.27. The lowest BCUT2D eigenvalue weighted by molar-refractivity contribution is 0.127. The van der Waals surface area contributed by atoms with Gasteiger partial charge in [0.25, 0.3) is 0 Å². The average Bonchev–Trinajstić information content (AvgIpc) is 2.36. The van der Waals surface area contributed by atoms with Crippen LogP contribution in [0.1, 0.15) is 17.7 Å². The molecule has 0 aliphatic rings. The second kappa shape index (κ2) is 4.07. The fraction of sp³-hybridized carbons (Fsp3) is 0.429. The molecule has 0 radical (unpaired) electrons. The molecular formula is C7H10ClNOS. The lowest BCUT2D eigenvalue weighted by Crippen LogP contribution is -2.07. The van der Waals surface area contributed by atoms with Crippen LogP contribution < -0.4 is 5.90 Å². The van der Waals surface area contributed by atoms with Gasteiger partial charge in [0.05, 0.1) is 11.6 Å². The Balaban J connectivity index is 2.60.